The molecule has 2 atom stereocenters. The van der Waals surface area contributed by atoms with Crippen molar-refractivity contribution >= 4 is 17.2 Å². The molecule has 0 heterocycles. The average molecular weight is 314 g/mol. The lowest BCUT2D eigenvalue weighted by atomic mass is 9.86. The van der Waals surface area contributed by atoms with Gasteiger partial charge in [0.2, 0.25) is 0 Å². The molecule has 0 bridgehead atoms. The molecule has 1 N–H and O–H groups in total. The minimum Gasteiger partial charge on any atom is -0.305 e. The minimum atomic E-state index is -1.94. The van der Waals surface area contributed by atoms with Gasteiger partial charge in [0.05, 0.1) is 0 Å². The zero-order valence-electron chi connectivity index (χ0n) is 13.2. The standard InChI is InChI=1S/C19H22O2S/c1-19(2,3)17-12-10-16(11-13-17)18(22(20)21)14-9-15-7-5-4-6-8-15/h4-14,18H,1-3H3,(H,20,21). The topological polar surface area (TPSA) is 37.3 Å². The number of benzene rings is 2. The van der Waals surface area contributed by atoms with E-state index in [1.54, 1.807) is 6.08 Å². The average Bonchev–Trinajstić information content (AvgIpc) is 2.48. The molecular weight excluding hydrogens is 292 g/mol. The van der Waals surface area contributed by atoms with Crippen molar-refractivity contribution in [2.75, 3.05) is 0 Å². The Bertz CT molecular complexity index is 652. The smallest absolute Gasteiger partial charge is 0.164 e. The minimum absolute atomic E-state index is 0.0757. The normalized spacial score (nSPS) is 14.9. The van der Waals surface area contributed by atoms with E-state index < -0.39 is 16.3 Å². The molecule has 2 nitrogen and oxygen atoms in total. The van der Waals surface area contributed by atoms with Crippen LogP contribution >= 0.6 is 0 Å². The number of rotatable bonds is 4. The van der Waals surface area contributed by atoms with E-state index in [2.05, 4.69) is 20.8 Å². The molecule has 116 valence electrons. The molecule has 0 saturated heterocycles. The highest BCUT2D eigenvalue weighted by Gasteiger charge is 2.17. The van der Waals surface area contributed by atoms with Crippen LogP contribution in [0.5, 0.6) is 0 Å². The van der Waals surface area contributed by atoms with E-state index in [-0.39, 0.29) is 5.41 Å². The van der Waals surface area contributed by atoms with Crippen molar-refractivity contribution in [3.8, 4) is 0 Å². The predicted molar refractivity (Wildman–Crippen MR) is 94.1 cm³/mol. The monoisotopic (exact) mass is 314 g/mol. The molecule has 2 aromatic rings. The Morgan fingerprint density at radius 1 is 1.00 bits per heavy atom. The van der Waals surface area contributed by atoms with Crippen molar-refractivity contribution in [2.24, 2.45) is 0 Å². The second kappa shape index (κ2) is 7.03. The van der Waals surface area contributed by atoms with Crippen LogP contribution in [-0.4, -0.2) is 8.76 Å². The molecule has 0 radical (unpaired) electrons. The Labute approximate surface area is 135 Å². The molecule has 2 unspecified atom stereocenters. The Morgan fingerprint density at radius 3 is 2.09 bits per heavy atom. The fraction of sp³-hybridized carbons (Fsp3) is 0.263. The fourth-order valence-corrected chi connectivity index (χ4v) is 2.83. The summed E-state index contributed by atoms with van der Waals surface area (Å²) in [5, 5.41) is -0.519. The van der Waals surface area contributed by atoms with E-state index in [0.29, 0.717) is 0 Å². The summed E-state index contributed by atoms with van der Waals surface area (Å²) in [7, 11) is 0. The van der Waals surface area contributed by atoms with Crippen molar-refractivity contribution in [3.05, 3.63) is 77.4 Å². The van der Waals surface area contributed by atoms with E-state index in [0.717, 1.165) is 11.1 Å². The van der Waals surface area contributed by atoms with E-state index in [1.165, 1.54) is 5.56 Å². The van der Waals surface area contributed by atoms with Crippen LogP contribution < -0.4 is 0 Å². The quantitative estimate of drug-likeness (QED) is 0.810. The second-order valence-corrected chi connectivity index (χ2v) is 7.40. The highest BCUT2D eigenvalue weighted by Crippen LogP contribution is 2.26. The second-order valence-electron chi connectivity index (χ2n) is 6.34. The zero-order chi connectivity index (χ0) is 16.2. The molecular formula is C19H22O2S. The van der Waals surface area contributed by atoms with Gasteiger partial charge < -0.3 is 4.55 Å². The molecule has 2 rings (SSSR count). The van der Waals surface area contributed by atoms with Gasteiger partial charge in [0.15, 0.2) is 11.1 Å². The molecule has 22 heavy (non-hydrogen) atoms. The highest BCUT2D eigenvalue weighted by atomic mass is 32.2. The Morgan fingerprint density at radius 2 is 1.59 bits per heavy atom. The van der Waals surface area contributed by atoms with Gasteiger partial charge in [-0.15, -0.1) is 0 Å². The molecule has 0 spiro atoms. The van der Waals surface area contributed by atoms with Gasteiger partial charge in [-0.2, -0.15) is 0 Å². The van der Waals surface area contributed by atoms with Crippen LogP contribution in [0.3, 0.4) is 0 Å². The largest absolute Gasteiger partial charge is 0.305 e. The fourth-order valence-electron chi connectivity index (χ4n) is 2.23. The molecule has 3 heteroatoms. The van der Waals surface area contributed by atoms with Crippen LogP contribution in [-0.2, 0) is 16.5 Å². The molecule has 2 aromatic carbocycles. The zero-order valence-corrected chi connectivity index (χ0v) is 14.0. The third-order valence-electron chi connectivity index (χ3n) is 3.59. The van der Waals surface area contributed by atoms with E-state index >= 15 is 0 Å². The summed E-state index contributed by atoms with van der Waals surface area (Å²) in [6.07, 6.45) is 3.67. The van der Waals surface area contributed by atoms with Gasteiger partial charge in [-0.05, 0) is 22.1 Å². The first-order valence-electron chi connectivity index (χ1n) is 7.31. The summed E-state index contributed by atoms with van der Waals surface area (Å²) in [6, 6.07) is 17.7. The lowest BCUT2D eigenvalue weighted by Crippen LogP contribution is -2.11. The van der Waals surface area contributed by atoms with Gasteiger partial charge in [0, 0.05) is 0 Å². The van der Waals surface area contributed by atoms with Gasteiger partial charge >= 0.3 is 0 Å². The van der Waals surface area contributed by atoms with Crippen LogP contribution in [0.15, 0.2) is 60.7 Å². The van der Waals surface area contributed by atoms with Gasteiger partial charge in [-0.25, -0.2) is 4.21 Å². The van der Waals surface area contributed by atoms with Gasteiger partial charge in [0.1, 0.15) is 5.25 Å². The third kappa shape index (κ3) is 4.39. The first kappa shape index (κ1) is 16.7. The first-order chi connectivity index (χ1) is 10.4. The van der Waals surface area contributed by atoms with Gasteiger partial charge in [0.25, 0.3) is 0 Å². The maximum absolute atomic E-state index is 11.7. The molecule has 0 aromatic heterocycles. The van der Waals surface area contributed by atoms with Crippen molar-refractivity contribution in [1.82, 2.24) is 0 Å². The highest BCUT2D eigenvalue weighted by molar-refractivity contribution is 7.79. The van der Waals surface area contributed by atoms with E-state index in [9.17, 15) is 8.76 Å². The Balaban J connectivity index is 2.25. The van der Waals surface area contributed by atoms with Crippen molar-refractivity contribution < 1.29 is 8.76 Å². The van der Waals surface area contributed by atoms with E-state index in [1.807, 2.05) is 60.7 Å². The first-order valence-corrected chi connectivity index (χ1v) is 8.48. The van der Waals surface area contributed by atoms with Crippen molar-refractivity contribution in [2.45, 2.75) is 31.4 Å². The lowest BCUT2D eigenvalue weighted by molar-refractivity contribution is 0.558. The van der Waals surface area contributed by atoms with Crippen molar-refractivity contribution in [3.63, 3.8) is 0 Å². The van der Waals surface area contributed by atoms with Gasteiger partial charge in [-0.3, -0.25) is 0 Å². The molecule has 0 saturated carbocycles. The summed E-state index contributed by atoms with van der Waals surface area (Å²) in [5.74, 6) is 0. The van der Waals surface area contributed by atoms with Crippen LogP contribution in [0.2, 0.25) is 0 Å². The molecule has 0 amide bonds. The summed E-state index contributed by atoms with van der Waals surface area (Å²) in [4.78, 5) is 0. The number of hydrogen-bond donors (Lipinski definition) is 1. The van der Waals surface area contributed by atoms with Crippen LogP contribution in [0.4, 0.5) is 0 Å². The summed E-state index contributed by atoms with van der Waals surface area (Å²) in [5.41, 5.74) is 3.16. The molecule has 0 fully saturated rings. The maximum atomic E-state index is 11.7. The summed E-state index contributed by atoms with van der Waals surface area (Å²) in [6.45, 7) is 6.46. The third-order valence-corrected chi connectivity index (χ3v) is 4.45. The summed E-state index contributed by atoms with van der Waals surface area (Å²) < 4.78 is 21.3. The maximum Gasteiger partial charge on any atom is 0.164 e. The summed E-state index contributed by atoms with van der Waals surface area (Å²) >= 11 is -1.94. The number of hydrogen-bond acceptors (Lipinski definition) is 1. The molecule has 0 aliphatic carbocycles. The van der Waals surface area contributed by atoms with Gasteiger partial charge in [-0.1, -0.05) is 87.5 Å². The Kier molecular flexibility index (Phi) is 5.33. The van der Waals surface area contributed by atoms with Crippen LogP contribution in [0, 0.1) is 0 Å². The van der Waals surface area contributed by atoms with Crippen molar-refractivity contribution in [1.29, 1.82) is 0 Å². The predicted octanol–water partition coefficient (Wildman–Crippen LogP) is 4.96. The Hall–Kier alpha value is -1.71. The lowest BCUT2D eigenvalue weighted by Gasteiger charge is -2.20. The SMILES string of the molecule is CC(C)(C)c1ccc(C(C=Cc2ccccc2)S(=O)O)cc1. The van der Waals surface area contributed by atoms with Crippen LogP contribution in [0.25, 0.3) is 6.08 Å². The molecule has 0 aliphatic heterocycles. The van der Waals surface area contributed by atoms with Crippen LogP contribution in [0.1, 0.15) is 42.7 Å². The van der Waals surface area contributed by atoms with E-state index in [4.69, 9.17) is 0 Å². The molecule has 0 aliphatic rings.